The first-order chi connectivity index (χ1) is 13.9. The summed E-state index contributed by atoms with van der Waals surface area (Å²) in [5.74, 6) is 0.572. The number of carbonyl (C=O) groups is 1. The van der Waals surface area contributed by atoms with Gasteiger partial charge in [0.05, 0.1) is 10.6 Å². The molecule has 2 aliphatic heterocycles. The van der Waals surface area contributed by atoms with E-state index < -0.39 is 15.8 Å². The van der Waals surface area contributed by atoms with E-state index in [0.717, 1.165) is 31.2 Å². The third-order valence-corrected chi connectivity index (χ3v) is 7.06. The Morgan fingerprint density at radius 1 is 0.931 bits per heavy atom. The molecule has 5 rings (SSSR count). The zero-order valence-corrected chi connectivity index (χ0v) is 16.7. The summed E-state index contributed by atoms with van der Waals surface area (Å²) >= 11 is 0. The van der Waals surface area contributed by atoms with Gasteiger partial charge in [0, 0.05) is 31.0 Å². The van der Waals surface area contributed by atoms with Gasteiger partial charge >= 0.3 is 0 Å². The molecule has 8 heteroatoms. The molecule has 3 aliphatic rings. The monoisotopic (exact) mass is 414 g/mol. The molecule has 2 N–H and O–H groups in total. The van der Waals surface area contributed by atoms with Crippen molar-refractivity contribution in [1.82, 2.24) is 0 Å². The van der Waals surface area contributed by atoms with Gasteiger partial charge in [-0.3, -0.25) is 9.52 Å². The highest BCUT2D eigenvalue weighted by Gasteiger charge is 2.42. The number of sulfonamides is 1. The number of hydrogen-bond donors (Lipinski definition) is 2. The molecule has 0 aromatic heterocycles. The van der Waals surface area contributed by atoms with Crippen LogP contribution in [0.5, 0.6) is 11.5 Å². The van der Waals surface area contributed by atoms with Crippen molar-refractivity contribution in [3.05, 3.63) is 42.0 Å². The first kappa shape index (κ1) is 18.3. The van der Waals surface area contributed by atoms with Crippen LogP contribution in [-0.2, 0) is 21.2 Å². The fraction of sp³-hybridized carbons (Fsp3) is 0.381. The van der Waals surface area contributed by atoms with Crippen molar-refractivity contribution in [2.75, 3.05) is 10.0 Å². The highest BCUT2D eigenvalue weighted by molar-refractivity contribution is 7.92. The van der Waals surface area contributed by atoms with Crippen molar-refractivity contribution in [2.45, 2.75) is 55.6 Å². The molecule has 0 unspecified atom stereocenters. The number of nitrogens with one attached hydrogen (secondary N) is 2. The lowest BCUT2D eigenvalue weighted by Crippen LogP contribution is -2.40. The minimum atomic E-state index is -3.77. The molecule has 1 fully saturated rings. The van der Waals surface area contributed by atoms with Gasteiger partial charge in [-0.1, -0.05) is 6.42 Å². The molecule has 0 atom stereocenters. The van der Waals surface area contributed by atoms with E-state index in [0.29, 0.717) is 35.7 Å². The molecule has 1 spiro atoms. The van der Waals surface area contributed by atoms with E-state index in [-0.39, 0.29) is 10.8 Å². The fourth-order valence-corrected chi connectivity index (χ4v) is 5.29. The van der Waals surface area contributed by atoms with E-state index in [1.54, 1.807) is 30.3 Å². The van der Waals surface area contributed by atoms with Crippen LogP contribution in [0.2, 0.25) is 0 Å². The maximum Gasteiger partial charge on any atom is 0.261 e. The molecule has 2 heterocycles. The Balaban J connectivity index is 1.37. The lowest BCUT2D eigenvalue weighted by Gasteiger charge is -2.31. The molecule has 7 nitrogen and oxygen atoms in total. The Kier molecular flexibility index (Phi) is 4.20. The zero-order chi connectivity index (χ0) is 20.1. The van der Waals surface area contributed by atoms with Gasteiger partial charge in [0.1, 0.15) is 0 Å². The second-order valence-corrected chi connectivity index (χ2v) is 9.49. The van der Waals surface area contributed by atoms with Gasteiger partial charge < -0.3 is 14.8 Å². The van der Waals surface area contributed by atoms with Crippen LogP contribution in [0.3, 0.4) is 0 Å². The maximum atomic E-state index is 12.9. The van der Waals surface area contributed by atoms with Gasteiger partial charge in [0.15, 0.2) is 11.5 Å². The van der Waals surface area contributed by atoms with Gasteiger partial charge in [0.2, 0.25) is 5.91 Å². The molecule has 0 bridgehead atoms. The molecule has 29 heavy (non-hydrogen) atoms. The van der Waals surface area contributed by atoms with Gasteiger partial charge in [-0.05, 0) is 55.2 Å². The third-order valence-electron chi connectivity index (χ3n) is 5.69. The second kappa shape index (κ2) is 6.66. The molecule has 1 aliphatic carbocycles. The summed E-state index contributed by atoms with van der Waals surface area (Å²) in [7, 11) is -3.77. The predicted octanol–water partition coefficient (Wildman–Crippen LogP) is 3.80. The fourth-order valence-electron chi connectivity index (χ4n) is 4.19. The Labute approximate surface area is 169 Å². The van der Waals surface area contributed by atoms with Crippen molar-refractivity contribution in [3.63, 3.8) is 0 Å². The SMILES string of the molecule is O=C1CCc2cc(S(=O)(=O)Nc3ccc4c(c3)OC3(CCCCC3)O4)ccc2N1. The minimum Gasteiger partial charge on any atom is -0.448 e. The topological polar surface area (TPSA) is 93.7 Å². The van der Waals surface area contributed by atoms with Gasteiger partial charge in [0.25, 0.3) is 15.8 Å². The van der Waals surface area contributed by atoms with Crippen LogP contribution in [0.15, 0.2) is 41.3 Å². The van der Waals surface area contributed by atoms with Gasteiger partial charge in [-0.2, -0.15) is 0 Å². The molecular formula is C21H22N2O5S. The minimum absolute atomic E-state index is 0.0534. The van der Waals surface area contributed by atoms with E-state index in [4.69, 9.17) is 9.47 Å². The van der Waals surface area contributed by atoms with Crippen molar-refractivity contribution in [2.24, 2.45) is 0 Å². The molecule has 152 valence electrons. The van der Waals surface area contributed by atoms with Crippen molar-refractivity contribution >= 4 is 27.3 Å². The van der Waals surface area contributed by atoms with Crippen LogP contribution in [-0.4, -0.2) is 20.1 Å². The number of fused-ring (bicyclic) bond motifs is 2. The molecule has 0 radical (unpaired) electrons. The number of rotatable bonds is 3. The molecule has 1 saturated carbocycles. The van der Waals surface area contributed by atoms with Crippen LogP contribution < -0.4 is 19.5 Å². The van der Waals surface area contributed by atoms with E-state index in [1.807, 2.05) is 0 Å². The summed E-state index contributed by atoms with van der Waals surface area (Å²) in [5.41, 5.74) is 1.91. The van der Waals surface area contributed by atoms with Crippen molar-refractivity contribution < 1.29 is 22.7 Å². The molecule has 0 saturated heterocycles. The summed E-state index contributed by atoms with van der Waals surface area (Å²) in [4.78, 5) is 11.7. The maximum absolute atomic E-state index is 12.9. The first-order valence-electron chi connectivity index (χ1n) is 9.90. The summed E-state index contributed by atoms with van der Waals surface area (Å²) in [6, 6.07) is 9.85. The molecule has 1 amide bonds. The summed E-state index contributed by atoms with van der Waals surface area (Å²) in [6.07, 6.45) is 5.87. The van der Waals surface area contributed by atoms with Crippen LogP contribution in [0, 0.1) is 0 Å². The third kappa shape index (κ3) is 3.42. The Morgan fingerprint density at radius 2 is 1.72 bits per heavy atom. The quantitative estimate of drug-likeness (QED) is 0.797. The number of hydrogen-bond acceptors (Lipinski definition) is 5. The Hall–Kier alpha value is -2.74. The Bertz CT molecular complexity index is 1090. The predicted molar refractivity (Wildman–Crippen MR) is 108 cm³/mol. The number of ether oxygens (including phenoxy) is 2. The normalized spacial score (nSPS) is 19.5. The highest BCUT2D eigenvalue weighted by Crippen LogP contribution is 2.46. The largest absolute Gasteiger partial charge is 0.448 e. The number of anilines is 2. The average Bonchev–Trinajstić information content (AvgIpc) is 3.04. The summed E-state index contributed by atoms with van der Waals surface area (Å²) in [6.45, 7) is 0. The smallest absolute Gasteiger partial charge is 0.261 e. The van der Waals surface area contributed by atoms with Crippen LogP contribution in [0.1, 0.15) is 44.1 Å². The first-order valence-corrected chi connectivity index (χ1v) is 11.4. The van der Waals surface area contributed by atoms with Crippen LogP contribution >= 0.6 is 0 Å². The average molecular weight is 414 g/mol. The van der Waals surface area contributed by atoms with E-state index >= 15 is 0 Å². The van der Waals surface area contributed by atoms with E-state index in [1.165, 1.54) is 12.5 Å². The van der Waals surface area contributed by atoms with Crippen molar-refractivity contribution in [3.8, 4) is 11.5 Å². The molecule has 2 aromatic carbocycles. The number of carbonyl (C=O) groups excluding carboxylic acids is 1. The van der Waals surface area contributed by atoms with Gasteiger partial charge in [-0.15, -0.1) is 0 Å². The number of amides is 1. The van der Waals surface area contributed by atoms with Gasteiger partial charge in [-0.25, -0.2) is 8.42 Å². The summed E-state index contributed by atoms with van der Waals surface area (Å²) < 4.78 is 40.5. The van der Waals surface area contributed by atoms with E-state index in [2.05, 4.69) is 10.0 Å². The van der Waals surface area contributed by atoms with Crippen LogP contribution in [0.25, 0.3) is 0 Å². The lowest BCUT2D eigenvalue weighted by molar-refractivity contribution is -0.116. The van der Waals surface area contributed by atoms with Crippen LogP contribution in [0.4, 0.5) is 11.4 Å². The van der Waals surface area contributed by atoms with Crippen molar-refractivity contribution in [1.29, 1.82) is 0 Å². The molecule has 2 aromatic rings. The molecular weight excluding hydrogens is 392 g/mol. The lowest BCUT2D eigenvalue weighted by atomic mass is 9.94. The zero-order valence-electron chi connectivity index (χ0n) is 15.9. The van der Waals surface area contributed by atoms with E-state index in [9.17, 15) is 13.2 Å². The highest BCUT2D eigenvalue weighted by atomic mass is 32.2. The standard InChI is InChI=1S/C21H22N2O5S/c24-20-9-4-14-12-16(6-7-17(14)22-20)29(25,26)23-15-5-8-18-19(13-15)28-21(27-18)10-2-1-3-11-21/h5-8,12-13,23H,1-4,9-11H2,(H,22,24). The summed E-state index contributed by atoms with van der Waals surface area (Å²) in [5, 5.41) is 2.76. The Morgan fingerprint density at radius 3 is 2.55 bits per heavy atom. The number of benzene rings is 2. The number of aryl methyl sites for hydroxylation is 1. The second-order valence-electron chi connectivity index (χ2n) is 7.81.